The van der Waals surface area contributed by atoms with Crippen molar-refractivity contribution in [3.05, 3.63) is 22.4 Å². The molecule has 0 aliphatic rings. The first kappa shape index (κ1) is 14.2. The highest BCUT2D eigenvalue weighted by Crippen LogP contribution is 2.09. The van der Waals surface area contributed by atoms with Crippen molar-refractivity contribution in [2.24, 2.45) is 0 Å². The third-order valence-corrected chi connectivity index (χ3v) is 2.86. The molecule has 18 heavy (non-hydrogen) atoms. The van der Waals surface area contributed by atoms with E-state index in [1.165, 1.54) is 18.4 Å². The average molecular weight is 270 g/mol. The van der Waals surface area contributed by atoms with Crippen LogP contribution in [-0.2, 0) is 25.5 Å². The SMILES string of the molecule is CNC(=O)CNC(=O)COC(=O)Cc1cccs1. The summed E-state index contributed by atoms with van der Waals surface area (Å²) >= 11 is 1.45. The zero-order valence-corrected chi connectivity index (χ0v) is 10.7. The van der Waals surface area contributed by atoms with Gasteiger partial charge in [-0.3, -0.25) is 14.4 Å². The molecule has 0 radical (unpaired) electrons. The van der Waals surface area contributed by atoms with Crippen LogP contribution in [0.5, 0.6) is 0 Å². The minimum atomic E-state index is -0.502. The van der Waals surface area contributed by atoms with Crippen LogP contribution in [0.15, 0.2) is 17.5 Å². The normalized spacial score (nSPS) is 9.61. The molecule has 2 amide bonds. The minimum Gasteiger partial charge on any atom is -0.455 e. The van der Waals surface area contributed by atoms with Gasteiger partial charge in [-0.05, 0) is 11.4 Å². The molecule has 0 bridgehead atoms. The largest absolute Gasteiger partial charge is 0.455 e. The van der Waals surface area contributed by atoms with E-state index >= 15 is 0 Å². The molecule has 0 aliphatic heterocycles. The van der Waals surface area contributed by atoms with Crippen molar-refractivity contribution in [2.75, 3.05) is 20.2 Å². The van der Waals surface area contributed by atoms with E-state index in [1.54, 1.807) is 0 Å². The zero-order chi connectivity index (χ0) is 13.4. The number of esters is 1. The number of thiophene rings is 1. The average Bonchev–Trinajstić information content (AvgIpc) is 2.86. The van der Waals surface area contributed by atoms with Gasteiger partial charge in [-0.2, -0.15) is 0 Å². The van der Waals surface area contributed by atoms with Gasteiger partial charge in [0.2, 0.25) is 5.91 Å². The van der Waals surface area contributed by atoms with Crippen LogP contribution in [0.4, 0.5) is 0 Å². The molecule has 0 unspecified atom stereocenters. The molecule has 1 aromatic heterocycles. The van der Waals surface area contributed by atoms with Gasteiger partial charge in [-0.25, -0.2) is 0 Å². The molecule has 2 N–H and O–H groups in total. The third kappa shape index (κ3) is 5.44. The second-order valence-corrected chi connectivity index (χ2v) is 4.40. The van der Waals surface area contributed by atoms with Crippen molar-refractivity contribution >= 4 is 29.1 Å². The van der Waals surface area contributed by atoms with Gasteiger partial charge < -0.3 is 15.4 Å². The molecule has 1 heterocycles. The van der Waals surface area contributed by atoms with Gasteiger partial charge in [0.05, 0.1) is 13.0 Å². The van der Waals surface area contributed by atoms with Gasteiger partial charge in [-0.1, -0.05) is 6.07 Å². The van der Waals surface area contributed by atoms with Gasteiger partial charge in [-0.15, -0.1) is 11.3 Å². The van der Waals surface area contributed by atoms with E-state index in [9.17, 15) is 14.4 Å². The van der Waals surface area contributed by atoms with E-state index in [2.05, 4.69) is 10.6 Å². The van der Waals surface area contributed by atoms with Crippen LogP contribution in [0.1, 0.15) is 4.88 Å². The summed E-state index contributed by atoms with van der Waals surface area (Å²) in [6, 6.07) is 3.65. The Balaban J connectivity index is 2.18. The summed E-state index contributed by atoms with van der Waals surface area (Å²) in [5, 5.41) is 6.54. The molecule has 0 spiro atoms. The molecular weight excluding hydrogens is 256 g/mol. The van der Waals surface area contributed by atoms with Crippen molar-refractivity contribution < 1.29 is 19.1 Å². The van der Waals surface area contributed by atoms with Crippen LogP contribution in [0, 0.1) is 0 Å². The fraction of sp³-hybridized carbons (Fsp3) is 0.364. The molecule has 0 atom stereocenters. The smallest absolute Gasteiger partial charge is 0.311 e. The summed E-state index contributed by atoms with van der Waals surface area (Å²) in [4.78, 5) is 34.3. The highest BCUT2D eigenvalue weighted by atomic mass is 32.1. The first-order valence-corrected chi connectivity index (χ1v) is 6.15. The highest BCUT2D eigenvalue weighted by molar-refractivity contribution is 7.10. The quantitative estimate of drug-likeness (QED) is 0.695. The van der Waals surface area contributed by atoms with Crippen LogP contribution < -0.4 is 10.6 Å². The van der Waals surface area contributed by atoms with Gasteiger partial charge in [0.1, 0.15) is 0 Å². The maximum absolute atomic E-state index is 11.3. The highest BCUT2D eigenvalue weighted by Gasteiger charge is 2.09. The first-order valence-electron chi connectivity index (χ1n) is 5.27. The Labute approximate surface area is 108 Å². The maximum Gasteiger partial charge on any atom is 0.311 e. The number of hydrogen-bond acceptors (Lipinski definition) is 5. The van der Waals surface area contributed by atoms with Crippen molar-refractivity contribution in [1.29, 1.82) is 0 Å². The van der Waals surface area contributed by atoms with Crippen molar-refractivity contribution in [3.8, 4) is 0 Å². The molecule has 0 aromatic carbocycles. The Morgan fingerprint density at radius 3 is 2.72 bits per heavy atom. The number of hydrogen-bond donors (Lipinski definition) is 2. The molecule has 98 valence electrons. The van der Waals surface area contributed by atoms with E-state index in [-0.39, 0.29) is 25.5 Å². The number of rotatable bonds is 6. The molecule has 6 nitrogen and oxygen atoms in total. The van der Waals surface area contributed by atoms with Gasteiger partial charge >= 0.3 is 5.97 Å². The lowest BCUT2D eigenvalue weighted by Gasteiger charge is -2.05. The summed E-state index contributed by atoms with van der Waals surface area (Å²) < 4.78 is 4.77. The standard InChI is InChI=1S/C11H14N2O4S/c1-12-9(14)6-13-10(15)7-17-11(16)5-8-3-2-4-18-8/h2-4H,5-7H2,1H3,(H,12,14)(H,13,15). The Kier molecular flexibility index (Phi) is 5.86. The van der Waals surface area contributed by atoms with Gasteiger partial charge in [0.15, 0.2) is 6.61 Å². The third-order valence-electron chi connectivity index (χ3n) is 1.99. The lowest BCUT2D eigenvalue weighted by molar-refractivity contribution is -0.147. The van der Waals surface area contributed by atoms with E-state index in [0.717, 1.165) is 4.88 Å². The summed E-state index contributed by atoms with van der Waals surface area (Å²) in [6.07, 6.45) is 0.153. The lowest BCUT2D eigenvalue weighted by atomic mass is 10.3. The molecule has 1 rings (SSSR count). The Morgan fingerprint density at radius 1 is 1.33 bits per heavy atom. The minimum absolute atomic E-state index is 0.127. The number of carbonyl (C=O) groups is 3. The molecule has 0 fully saturated rings. The summed E-state index contributed by atoms with van der Waals surface area (Å²) in [6.45, 7) is -0.501. The second-order valence-electron chi connectivity index (χ2n) is 3.37. The molecule has 0 aliphatic carbocycles. The number of amides is 2. The second kappa shape index (κ2) is 7.44. The molecule has 0 saturated carbocycles. The topological polar surface area (TPSA) is 84.5 Å². The zero-order valence-electron chi connectivity index (χ0n) is 9.89. The van der Waals surface area contributed by atoms with Crippen molar-refractivity contribution in [1.82, 2.24) is 10.6 Å². The van der Waals surface area contributed by atoms with Crippen LogP contribution in [0.2, 0.25) is 0 Å². The summed E-state index contributed by atoms with van der Waals surface area (Å²) in [5.41, 5.74) is 0. The van der Waals surface area contributed by atoms with E-state index in [1.807, 2.05) is 17.5 Å². The van der Waals surface area contributed by atoms with Crippen LogP contribution in [-0.4, -0.2) is 38.0 Å². The summed E-state index contributed by atoms with van der Waals surface area (Å²) in [7, 11) is 1.47. The Hall–Kier alpha value is -1.89. The molecule has 0 saturated heterocycles. The first-order chi connectivity index (χ1) is 8.61. The number of nitrogens with one attached hydrogen (secondary N) is 2. The molecular formula is C11H14N2O4S. The Bertz CT molecular complexity index is 417. The predicted octanol–water partition coefficient (Wildman–Crippen LogP) is -0.304. The number of carbonyl (C=O) groups excluding carboxylic acids is 3. The van der Waals surface area contributed by atoms with Gasteiger partial charge in [0.25, 0.3) is 5.91 Å². The van der Waals surface area contributed by atoms with Crippen molar-refractivity contribution in [3.63, 3.8) is 0 Å². The lowest BCUT2D eigenvalue weighted by Crippen LogP contribution is -2.37. The van der Waals surface area contributed by atoms with E-state index in [4.69, 9.17) is 4.74 Å². The Morgan fingerprint density at radius 2 is 2.11 bits per heavy atom. The van der Waals surface area contributed by atoms with E-state index < -0.39 is 11.9 Å². The van der Waals surface area contributed by atoms with Crippen LogP contribution >= 0.6 is 11.3 Å². The number of likely N-dealkylation sites (N-methyl/N-ethyl adjacent to an activating group) is 1. The van der Waals surface area contributed by atoms with Crippen LogP contribution in [0.3, 0.4) is 0 Å². The van der Waals surface area contributed by atoms with E-state index in [0.29, 0.717) is 0 Å². The van der Waals surface area contributed by atoms with Crippen molar-refractivity contribution in [2.45, 2.75) is 6.42 Å². The van der Waals surface area contributed by atoms with Gasteiger partial charge in [0, 0.05) is 11.9 Å². The monoisotopic (exact) mass is 270 g/mol. The maximum atomic E-state index is 11.3. The molecule has 7 heteroatoms. The number of ether oxygens (including phenoxy) is 1. The van der Waals surface area contributed by atoms with Crippen LogP contribution in [0.25, 0.3) is 0 Å². The fourth-order valence-corrected chi connectivity index (χ4v) is 1.76. The molecule has 1 aromatic rings. The predicted molar refractivity (Wildman–Crippen MR) is 66.1 cm³/mol. The summed E-state index contributed by atoms with van der Waals surface area (Å²) in [5.74, 6) is -1.28. The fourth-order valence-electron chi connectivity index (χ4n) is 1.07.